The average Bonchev–Trinajstić information content (AvgIpc) is 3.10. The summed E-state index contributed by atoms with van der Waals surface area (Å²) in [5, 5.41) is 11.7. The summed E-state index contributed by atoms with van der Waals surface area (Å²) in [5.74, 6) is 2.03. The summed E-state index contributed by atoms with van der Waals surface area (Å²) in [4.78, 5) is 12.1. The van der Waals surface area contributed by atoms with Gasteiger partial charge < -0.3 is 14.6 Å². The second-order valence-corrected chi connectivity index (χ2v) is 6.40. The topological polar surface area (TPSA) is 69.0 Å². The van der Waals surface area contributed by atoms with Crippen LogP contribution < -0.4 is 5.32 Å². The van der Waals surface area contributed by atoms with E-state index in [-0.39, 0.29) is 18.1 Å². The van der Waals surface area contributed by atoms with Crippen molar-refractivity contribution in [1.29, 1.82) is 0 Å². The van der Waals surface area contributed by atoms with E-state index in [9.17, 15) is 4.79 Å². The van der Waals surface area contributed by atoms with Gasteiger partial charge in [0.25, 0.3) is 0 Å². The predicted octanol–water partition coefficient (Wildman–Crippen LogP) is 2.14. The number of aromatic nitrogens is 3. The number of ether oxygens (including phenoxy) is 1. The molecule has 1 fully saturated rings. The van der Waals surface area contributed by atoms with Crippen molar-refractivity contribution in [3.05, 3.63) is 11.6 Å². The molecule has 3 rings (SSSR count). The first-order valence-electron chi connectivity index (χ1n) is 8.57. The van der Waals surface area contributed by atoms with E-state index in [1.807, 2.05) is 6.92 Å². The maximum atomic E-state index is 12.1. The first-order chi connectivity index (χ1) is 10.7. The summed E-state index contributed by atoms with van der Waals surface area (Å²) < 4.78 is 7.75. The lowest BCUT2D eigenvalue weighted by Crippen LogP contribution is -2.29. The van der Waals surface area contributed by atoms with Crippen LogP contribution in [0.5, 0.6) is 0 Å². The summed E-state index contributed by atoms with van der Waals surface area (Å²) in [5.41, 5.74) is 0. The number of nitrogens with zero attached hydrogens (tertiary/aromatic N) is 3. The predicted molar refractivity (Wildman–Crippen MR) is 82.3 cm³/mol. The lowest BCUT2D eigenvalue weighted by molar-refractivity contribution is -0.122. The Bertz CT molecular complexity index is 508. The van der Waals surface area contributed by atoms with E-state index in [0.29, 0.717) is 6.42 Å². The highest BCUT2D eigenvalue weighted by molar-refractivity contribution is 5.76. The standard InChI is InChI=1S/C16H26N4O2/c1-12(17-15(21)9-8-13-6-5-11-22-13)16-19-18-14-7-3-2-4-10-20(14)16/h12-13H,2-11H2,1H3,(H,17,21)/t12-,13-/m0/s1. The van der Waals surface area contributed by atoms with E-state index in [1.165, 1.54) is 12.8 Å². The molecule has 0 aliphatic carbocycles. The maximum Gasteiger partial charge on any atom is 0.220 e. The largest absolute Gasteiger partial charge is 0.378 e. The monoisotopic (exact) mass is 306 g/mol. The first kappa shape index (κ1) is 15.5. The van der Waals surface area contributed by atoms with E-state index in [4.69, 9.17) is 4.74 Å². The molecule has 0 unspecified atom stereocenters. The van der Waals surface area contributed by atoms with Crippen molar-refractivity contribution in [3.8, 4) is 0 Å². The lowest BCUT2D eigenvalue weighted by atomic mass is 10.1. The van der Waals surface area contributed by atoms with Crippen molar-refractivity contribution in [3.63, 3.8) is 0 Å². The van der Waals surface area contributed by atoms with Gasteiger partial charge >= 0.3 is 0 Å². The third kappa shape index (κ3) is 3.66. The summed E-state index contributed by atoms with van der Waals surface area (Å²) in [6, 6.07) is -0.0867. The molecule has 0 saturated carbocycles. The van der Waals surface area contributed by atoms with Gasteiger partial charge in [0.1, 0.15) is 5.82 Å². The zero-order valence-electron chi connectivity index (χ0n) is 13.4. The number of amides is 1. The van der Waals surface area contributed by atoms with Crippen molar-refractivity contribution in [1.82, 2.24) is 20.1 Å². The molecule has 1 aromatic rings. The normalized spacial score (nSPS) is 22.9. The third-order valence-corrected chi connectivity index (χ3v) is 4.62. The Morgan fingerprint density at radius 1 is 1.36 bits per heavy atom. The van der Waals surface area contributed by atoms with Crippen LogP contribution in [-0.2, 0) is 22.5 Å². The number of carbonyl (C=O) groups is 1. The number of carbonyl (C=O) groups excluding carboxylic acids is 1. The molecule has 1 N–H and O–H groups in total. The number of fused-ring (bicyclic) bond motifs is 1. The quantitative estimate of drug-likeness (QED) is 0.905. The van der Waals surface area contributed by atoms with Gasteiger partial charge in [-0.05, 0) is 39.0 Å². The molecule has 6 nitrogen and oxygen atoms in total. The van der Waals surface area contributed by atoms with Gasteiger partial charge in [0, 0.05) is 26.0 Å². The molecule has 0 aromatic carbocycles. The third-order valence-electron chi connectivity index (χ3n) is 4.62. The van der Waals surface area contributed by atoms with Crippen LogP contribution in [0.2, 0.25) is 0 Å². The molecule has 6 heteroatoms. The Balaban J connectivity index is 1.53. The molecule has 3 heterocycles. The van der Waals surface area contributed by atoms with Crippen LogP contribution in [0.25, 0.3) is 0 Å². The minimum atomic E-state index is -0.0867. The second kappa shape index (κ2) is 7.22. The average molecular weight is 306 g/mol. The minimum absolute atomic E-state index is 0.0778. The molecular weight excluding hydrogens is 280 g/mol. The minimum Gasteiger partial charge on any atom is -0.378 e. The van der Waals surface area contributed by atoms with Crippen molar-refractivity contribution in [2.75, 3.05) is 6.61 Å². The van der Waals surface area contributed by atoms with Gasteiger partial charge in [-0.1, -0.05) is 6.42 Å². The Hall–Kier alpha value is -1.43. The van der Waals surface area contributed by atoms with Crippen LogP contribution in [0.15, 0.2) is 0 Å². The molecule has 1 aromatic heterocycles. The molecular formula is C16H26N4O2. The molecule has 2 aliphatic rings. The van der Waals surface area contributed by atoms with Gasteiger partial charge in [-0.15, -0.1) is 10.2 Å². The first-order valence-corrected chi connectivity index (χ1v) is 8.57. The van der Waals surface area contributed by atoms with Crippen molar-refractivity contribution < 1.29 is 9.53 Å². The van der Waals surface area contributed by atoms with Crippen LogP contribution in [0.3, 0.4) is 0 Å². The molecule has 22 heavy (non-hydrogen) atoms. The lowest BCUT2D eigenvalue weighted by Gasteiger charge is -2.16. The Kier molecular flexibility index (Phi) is 5.08. The fraction of sp³-hybridized carbons (Fsp3) is 0.812. The molecule has 122 valence electrons. The zero-order valence-corrected chi connectivity index (χ0v) is 13.4. The van der Waals surface area contributed by atoms with E-state index in [1.54, 1.807) is 0 Å². The molecule has 0 spiro atoms. The van der Waals surface area contributed by atoms with Crippen LogP contribution in [-0.4, -0.2) is 33.4 Å². The summed E-state index contributed by atoms with van der Waals surface area (Å²) in [7, 11) is 0. The molecule has 2 atom stereocenters. The highest BCUT2D eigenvalue weighted by Crippen LogP contribution is 2.20. The molecule has 0 bridgehead atoms. The highest BCUT2D eigenvalue weighted by atomic mass is 16.5. The summed E-state index contributed by atoms with van der Waals surface area (Å²) in [6.07, 6.45) is 8.39. The Morgan fingerprint density at radius 2 is 2.27 bits per heavy atom. The number of rotatable bonds is 5. The van der Waals surface area contributed by atoms with E-state index >= 15 is 0 Å². The number of hydrogen-bond acceptors (Lipinski definition) is 4. The van der Waals surface area contributed by atoms with Gasteiger partial charge in [0.2, 0.25) is 5.91 Å². The van der Waals surface area contributed by atoms with Crippen molar-refractivity contribution in [2.45, 2.75) is 77.0 Å². The summed E-state index contributed by atoms with van der Waals surface area (Å²) >= 11 is 0. The second-order valence-electron chi connectivity index (χ2n) is 6.40. The highest BCUT2D eigenvalue weighted by Gasteiger charge is 2.21. The SMILES string of the molecule is C[C@H](NC(=O)CC[C@@H]1CCCO1)c1nnc2n1CCCCC2. The van der Waals surface area contributed by atoms with Crippen molar-refractivity contribution in [2.24, 2.45) is 0 Å². The number of aryl methyl sites for hydroxylation is 1. The Labute approximate surface area is 131 Å². The van der Waals surface area contributed by atoms with Gasteiger partial charge in [0.05, 0.1) is 12.1 Å². The van der Waals surface area contributed by atoms with Gasteiger partial charge in [-0.3, -0.25) is 4.79 Å². The van der Waals surface area contributed by atoms with Crippen LogP contribution >= 0.6 is 0 Å². The van der Waals surface area contributed by atoms with E-state index in [2.05, 4.69) is 20.1 Å². The summed E-state index contributed by atoms with van der Waals surface area (Å²) in [6.45, 7) is 3.80. The van der Waals surface area contributed by atoms with Crippen LogP contribution in [0.4, 0.5) is 0 Å². The molecule has 0 radical (unpaired) electrons. The number of hydrogen-bond donors (Lipinski definition) is 1. The Morgan fingerprint density at radius 3 is 3.09 bits per heavy atom. The van der Waals surface area contributed by atoms with E-state index in [0.717, 1.165) is 56.9 Å². The van der Waals surface area contributed by atoms with Crippen molar-refractivity contribution >= 4 is 5.91 Å². The molecule has 1 saturated heterocycles. The fourth-order valence-corrected chi connectivity index (χ4v) is 3.37. The van der Waals surface area contributed by atoms with Gasteiger partial charge in [-0.25, -0.2) is 0 Å². The number of nitrogens with one attached hydrogen (secondary N) is 1. The fourth-order valence-electron chi connectivity index (χ4n) is 3.37. The van der Waals surface area contributed by atoms with E-state index < -0.39 is 0 Å². The smallest absolute Gasteiger partial charge is 0.220 e. The van der Waals surface area contributed by atoms with Crippen LogP contribution in [0, 0.1) is 0 Å². The van der Waals surface area contributed by atoms with Gasteiger partial charge in [0.15, 0.2) is 5.82 Å². The molecule has 2 aliphatic heterocycles. The maximum absolute atomic E-state index is 12.1. The molecule has 1 amide bonds. The van der Waals surface area contributed by atoms with Crippen LogP contribution in [0.1, 0.15) is 69.6 Å². The zero-order chi connectivity index (χ0) is 15.4. The van der Waals surface area contributed by atoms with Gasteiger partial charge in [-0.2, -0.15) is 0 Å².